The predicted octanol–water partition coefficient (Wildman–Crippen LogP) is 2.98. The minimum Gasteiger partial charge on any atom is -0.353 e. The Morgan fingerprint density at radius 2 is 1.87 bits per heavy atom. The minimum atomic E-state index is -0.447. The van der Waals surface area contributed by atoms with Crippen LogP contribution in [0.25, 0.3) is 0 Å². The molecule has 1 saturated carbocycles. The summed E-state index contributed by atoms with van der Waals surface area (Å²) in [5.41, 5.74) is 1.51. The SMILES string of the molecule is CC1=NC(=O)NC(c2ccccc2)C1C(=O)NC1CCCCC1. The molecule has 5 nitrogen and oxygen atoms in total. The van der Waals surface area contributed by atoms with Crippen molar-refractivity contribution in [3.8, 4) is 0 Å². The summed E-state index contributed by atoms with van der Waals surface area (Å²) in [6.07, 6.45) is 5.66. The van der Waals surface area contributed by atoms with Crippen molar-refractivity contribution in [2.45, 2.75) is 51.1 Å². The maximum atomic E-state index is 12.8. The van der Waals surface area contributed by atoms with Crippen LogP contribution in [0.2, 0.25) is 0 Å². The number of nitrogens with one attached hydrogen (secondary N) is 2. The van der Waals surface area contributed by atoms with Crippen molar-refractivity contribution in [1.29, 1.82) is 0 Å². The Hall–Kier alpha value is -2.17. The minimum absolute atomic E-state index is 0.0352. The Labute approximate surface area is 136 Å². The van der Waals surface area contributed by atoms with Gasteiger partial charge in [0.2, 0.25) is 5.91 Å². The van der Waals surface area contributed by atoms with E-state index in [0.717, 1.165) is 18.4 Å². The Bertz CT molecular complexity index is 606. The number of amides is 3. The molecule has 2 atom stereocenters. The first-order valence-corrected chi connectivity index (χ1v) is 8.36. The van der Waals surface area contributed by atoms with Gasteiger partial charge in [-0.1, -0.05) is 49.6 Å². The average Bonchev–Trinajstić information content (AvgIpc) is 2.55. The van der Waals surface area contributed by atoms with Gasteiger partial charge in [0, 0.05) is 11.8 Å². The van der Waals surface area contributed by atoms with Gasteiger partial charge in [-0.2, -0.15) is 0 Å². The monoisotopic (exact) mass is 313 g/mol. The van der Waals surface area contributed by atoms with Crippen LogP contribution in [0.5, 0.6) is 0 Å². The van der Waals surface area contributed by atoms with E-state index in [2.05, 4.69) is 15.6 Å². The van der Waals surface area contributed by atoms with E-state index in [-0.39, 0.29) is 24.0 Å². The number of urea groups is 1. The van der Waals surface area contributed by atoms with E-state index in [1.807, 2.05) is 30.3 Å². The second-order valence-corrected chi connectivity index (χ2v) is 6.41. The van der Waals surface area contributed by atoms with E-state index >= 15 is 0 Å². The molecule has 0 radical (unpaired) electrons. The largest absolute Gasteiger partial charge is 0.353 e. The first-order chi connectivity index (χ1) is 11.1. The molecule has 5 heteroatoms. The van der Waals surface area contributed by atoms with E-state index in [1.165, 1.54) is 19.3 Å². The van der Waals surface area contributed by atoms with Gasteiger partial charge in [0.25, 0.3) is 0 Å². The zero-order chi connectivity index (χ0) is 16.2. The number of carbonyl (C=O) groups is 2. The number of hydrogen-bond acceptors (Lipinski definition) is 2. The molecule has 1 fully saturated rings. The van der Waals surface area contributed by atoms with E-state index in [1.54, 1.807) is 6.92 Å². The lowest BCUT2D eigenvalue weighted by atomic mass is 9.86. The summed E-state index contributed by atoms with van der Waals surface area (Å²) in [6.45, 7) is 1.76. The molecular formula is C18H23N3O2. The van der Waals surface area contributed by atoms with Crippen LogP contribution in [0.15, 0.2) is 35.3 Å². The molecule has 3 rings (SSSR count). The highest BCUT2D eigenvalue weighted by molar-refractivity contribution is 6.09. The molecule has 0 spiro atoms. The second kappa shape index (κ2) is 6.94. The zero-order valence-electron chi connectivity index (χ0n) is 13.4. The van der Waals surface area contributed by atoms with Crippen molar-refractivity contribution in [2.24, 2.45) is 10.9 Å². The molecule has 1 aromatic rings. The highest BCUT2D eigenvalue weighted by Crippen LogP contribution is 2.28. The number of benzene rings is 1. The average molecular weight is 313 g/mol. The molecule has 23 heavy (non-hydrogen) atoms. The molecule has 1 heterocycles. The lowest BCUT2D eigenvalue weighted by Crippen LogP contribution is -2.50. The van der Waals surface area contributed by atoms with Crippen LogP contribution in [0.4, 0.5) is 4.79 Å². The number of aliphatic imine (C=N–C) groups is 1. The third-order valence-electron chi connectivity index (χ3n) is 4.73. The fourth-order valence-corrected chi connectivity index (χ4v) is 3.53. The van der Waals surface area contributed by atoms with Gasteiger partial charge < -0.3 is 10.6 Å². The van der Waals surface area contributed by atoms with Crippen LogP contribution in [0.1, 0.15) is 50.6 Å². The third kappa shape index (κ3) is 3.60. The maximum Gasteiger partial charge on any atom is 0.341 e. The van der Waals surface area contributed by atoms with Gasteiger partial charge in [-0.15, -0.1) is 0 Å². The molecule has 3 amide bonds. The molecule has 1 aliphatic carbocycles. The van der Waals surface area contributed by atoms with Crippen molar-refractivity contribution in [3.63, 3.8) is 0 Å². The fourth-order valence-electron chi connectivity index (χ4n) is 3.53. The summed E-state index contributed by atoms with van der Waals surface area (Å²) in [7, 11) is 0. The molecule has 1 aliphatic heterocycles. The summed E-state index contributed by atoms with van der Waals surface area (Å²) in [5.74, 6) is -0.482. The van der Waals surface area contributed by atoms with Gasteiger partial charge in [-0.05, 0) is 25.3 Å². The lowest BCUT2D eigenvalue weighted by Gasteiger charge is -2.32. The Morgan fingerprint density at radius 1 is 1.17 bits per heavy atom. The van der Waals surface area contributed by atoms with Gasteiger partial charge in [0.1, 0.15) is 5.92 Å². The van der Waals surface area contributed by atoms with Gasteiger partial charge in [0.15, 0.2) is 0 Å². The standard InChI is InChI=1S/C18H23N3O2/c1-12-15(17(22)20-14-10-6-3-7-11-14)16(21-18(23)19-12)13-8-4-2-5-9-13/h2,4-5,8-9,14-16H,3,6-7,10-11H2,1H3,(H,20,22)(H,21,23). The first kappa shape index (κ1) is 15.7. The van der Waals surface area contributed by atoms with Gasteiger partial charge in [0.05, 0.1) is 6.04 Å². The molecule has 0 bridgehead atoms. The van der Waals surface area contributed by atoms with Crippen LogP contribution < -0.4 is 10.6 Å². The molecule has 1 aromatic carbocycles. The Kier molecular flexibility index (Phi) is 4.74. The summed E-state index contributed by atoms with van der Waals surface area (Å²) in [4.78, 5) is 28.6. The topological polar surface area (TPSA) is 70.6 Å². The Morgan fingerprint density at radius 3 is 2.57 bits per heavy atom. The molecule has 122 valence electrons. The van der Waals surface area contributed by atoms with Crippen molar-refractivity contribution in [1.82, 2.24) is 10.6 Å². The predicted molar refractivity (Wildman–Crippen MR) is 89.3 cm³/mol. The van der Waals surface area contributed by atoms with E-state index in [0.29, 0.717) is 5.71 Å². The van der Waals surface area contributed by atoms with Gasteiger partial charge in [-0.3, -0.25) is 4.79 Å². The van der Waals surface area contributed by atoms with Crippen LogP contribution in [-0.2, 0) is 4.79 Å². The molecular weight excluding hydrogens is 290 g/mol. The molecule has 2 N–H and O–H groups in total. The summed E-state index contributed by atoms with van der Waals surface area (Å²) >= 11 is 0. The fraction of sp³-hybridized carbons (Fsp3) is 0.500. The van der Waals surface area contributed by atoms with E-state index in [4.69, 9.17) is 0 Å². The number of nitrogens with zero attached hydrogens (tertiary/aromatic N) is 1. The zero-order valence-corrected chi connectivity index (χ0v) is 13.4. The van der Waals surface area contributed by atoms with Crippen molar-refractivity contribution in [3.05, 3.63) is 35.9 Å². The molecule has 2 unspecified atom stereocenters. The van der Waals surface area contributed by atoms with Crippen molar-refractivity contribution in [2.75, 3.05) is 0 Å². The molecule has 0 aromatic heterocycles. The van der Waals surface area contributed by atoms with Gasteiger partial charge >= 0.3 is 6.03 Å². The summed E-state index contributed by atoms with van der Waals surface area (Å²) in [5, 5.41) is 6.01. The van der Waals surface area contributed by atoms with Crippen molar-refractivity contribution < 1.29 is 9.59 Å². The van der Waals surface area contributed by atoms with Crippen LogP contribution in [0.3, 0.4) is 0 Å². The van der Waals surface area contributed by atoms with Crippen LogP contribution >= 0.6 is 0 Å². The summed E-state index contributed by atoms with van der Waals surface area (Å²) in [6, 6.07) is 9.14. The number of carbonyl (C=O) groups excluding carboxylic acids is 2. The highest BCUT2D eigenvalue weighted by Gasteiger charge is 2.37. The quantitative estimate of drug-likeness (QED) is 0.900. The molecule has 2 aliphatic rings. The number of rotatable bonds is 3. The lowest BCUT2D eigenvalue weighted by molar-refractivity contribution is -0.124. The summed E-state index contributed by atoms with van der Waals surface area (Å²) < 4.78 is 0. The van der Waals surface area contributed by atoms with Crippen LogP contribution in [-0.4, -0.2) is 23.7 Å². The van der Waals surface area contributed by atoms with Gasteiger partial charge in [-0.25, -0.2) is 9.79 Å². The van der Waals surface area contributed by atoms with E-state index < -0.39 is 5.92 Å². The number of hydrogen-bond donors (Lipinski definition) is 2. The first-order valence-electron chi connectivity index (χ1n) is 8.36. The smallest absolute Gasteiger partial charge is 0.341 e. The molecule has 0 saturated heterocycles. The van der Waals surface area contributed by atoms with E-state index in [9.17, 15) is 9.59 Å². The van der Waals surface area contributed by atoms with Crippen LogP contribution in [0, 0.1) is 5.92 Å². The van der Waals surface area contributed by atoms with Crippen molar-refractivity contribution >= 4 is 17.6 Å². The Balaban J connectivity index is 1.81. The second-order valence-electron chi connectivity index (χ2n) is 6.41. The normalized spacial score (nSPS) is 25.4. The highest BCUT2D eigenvalue weighted by atomic mass is 16.2. The third-order valence-corrected chi connectivity index (χ3v) is 4.73. The maximum absolute atomic E-state index is 12.8.